The highest BCUT2D eigenvalue weighted by Crippen LogP contribution is 2.36. The van der Waals surface area contributed by atoms with E-state index in [2.05, 4.69) is 6.58 Å². The van der Waals surface area contributed by atoms with E-state index in [4.69, 9.17) is 0 Å². The van der Waals surface area contributed by atoms with Crippen LogP contribution in [0.1, 0.15) is 26.3 Å². The van der Waals surface area contributed by atoms with E-state index in [-0.39, 0.29) is 11.6 Å². The fraction of sp³-hybridized carbons (Fsp3) is 0. The van der Waals surface area contributed by atoms with Gasteiger partial charge in [-0.3, -0.25) is 9.59 Å². The minimum Gasteiger partial charge on any atom is -0.289 e. The van der Waals surface area contributed by atoms with E-state index in [0.717, 1.165) is 16.7 Å². The Morgan fingerprint density at radius 2 is 1.67 bits per heavy atom. The van der Waals surface area contributed by atoms with E-state index in [1.165, 1.54) is 6.08 Å². The molecule has 0 bridgehead atoms. The van der Waals surface area contributed by atoms with E-state index < -0.39 is 0 Å². The van der Waals surface area contributed by atoms with Crippen LogP contribution in [-0.2, 0) is 0 Å². The fourth-order valence-corrected chi connectivity index (χ4v) is 3.08. The van der Waals surface area contributed by atoms with Gasteiger partial charge in [0.15, 0.2) is 5.78 Å². The SMILES string of the molecule is C=Cc1ccc2c(c1-c1ccccc1)C(=O)C(I)=CC2=O. The first-order chi connectivity index (χ1) is 10.1. The van der Waals surface area contributed by atoms with Crippen molar-refractivity contribution in [1.29, 1.82) is 0 Å². The second kappa shape index (κ2) is 5.41. The molecule has 0 amide bonds. The van der Waals surface area contributed by atoms with Gasteiger partial charge < -0.3 is 0 Å². The molecule has 0 spiro atoms. The Hall–Kier alpha value is -2.01. The van der Waals surface area contributed by atoms with E-state index in [1.807, 2.05) is 59.0 Å². The number of benzene rings is 2. The van der Waals surface area contributed by atoms with Gasteiger partial charge in [-0.2, -0.15) is 0 Å². The van der Waals surface area contributed by atoms with Crippen LogP contribution in [0, 0.1) is 0 Å². The summed E-state index contributed by atoms with van der Waals surface area (Å²) in [5, 5.41) is 0. The number of fused-ring (bicyclic) bond motifs is 1. The summed E-state index contributed by atoms with van der Waals surface area (Å²) >= 11 is 1.92. The molecule has 0 saturated carbocycles. The zero-order chi connectivity index (χ0) is 15.0. The molecule has 0 heterocycles. The summed E-state index contributed by atoms with van der Waals surface area (Å²) in [5.74, 6) is -0.227. The average molecular weight is 386 g/mol. The molecule has 0 aliphatic heterocycles. The number of rotatable bonds is 2. The number of ketones is 2. The molecule has 0 unspecified atom stereocenters. The van der Waals surface area contributed by atoms with Gasteiger partial charge in [-0.05, 0) is 39.8 Å². The lowest BCUT2D eigenvalue weighted by atomic mass is 9.85. The van der Waals surface area contributed by atoms with Crippen LogP contribution in [0.4, 0.5) is 0 Å². The molecule has 0 saturated heterocycles. The Morgan fingerprint density at radius 3 is 2.33 bits per heavy atom. The van der Waals surface area contributed by atoms with Crippen LogP contribution in [0.2, 0.25) is 0 Å². The van der Waals surface area contributed by atoms with Crippen LogP contribution in [0.15, 0.2) is 58.7 Å². The lowest BCUT2D eigenvalue weighted by molar-refractivity contribution is 0.0993. The summed E-state index contributed by atoms with van der Waals surface area (Å²) < 4.78 is 0.448. The molecule has 1 aliphatic rings. The maximum atomic E-state index is 12.6. The van der Waals surface area contributed by atoms with E-state index >= 15 is 0 Å². The third kappa shape index (κ3) is 2.27. The quantitative estimate of drug-likeness (QED) is 0.702. The third-order valence-corrected chi connectivity index (χ3v) is 4.29. The van der Waals surface area contributed by atoms with Gasteiger partial charge in [0.2, 0.25) is 5.78 Å². The Kier molecular flexibility index (Phi) is 3.59. The molecule has 0 N–H and O–H groups in total. The highest BCUT2D eigenvalue weighted by atomic mass is 127. The molecule has 0 atom stereocenters. The topological polar surface area (TPSA) is 34.1 Å². The van der Waals surface area contributed by atoms with Crippen LogP contribution in [-0.4, -0.2) is 11.6 Å². The molecule has 102 valence electrons. The van der Waals surface area contributed by atoms with Crippen molar-refractivity contribution in [2.24, 2.45) is 0 Å². The smallest absolute Gasteiger partial charge is 0.200 e. The standard InChI is InChI=1S/C18H11IO2/c1-2-11-8-9-13-15(20)10-14(19)18(21)17(13)16(11)12-6-4-3-5-7-12/h2-10H,1H2. The van der Waals surface area contributed by atoms with Gasteiger partial charge in [-0.1, -0.05) is 49.1 Å². The maximum absolute atomic E-state index is 12.6. The number of hydrogen-bond acceptors (Lipinski definition) is 2. The first kappa shape index (κ1) is 13.9. The van der Waals surface area contributed by atoms with Crippen molar-refractivity contribution >= 4 is 40.2 Å². The predicted octanol–water partition coefficient (Wildman–Crippen LogP) is 4.69. The van der Waals surface area contributed by atoms with Crippen LogP contribution < -0.4 is 0 Å². The van der Waals surface area contributed by atoms with E-state index in [1.54, 1.807) is 12.1 Å². The number of halogens is 1. The Labute approximate surface area is 136 Å². The molecule has 3 rings (SSSR count). The van der Waals surface area contributed by atoms with Crippen molar-refractivity contribution in [3.63, 3.8) is 0 Å². The van der Waals surface area contributed by atoms with Crippen molar-refractivity contribution in [3.8, 4) is 11.1 Å². The van der Waals surface area contributed by atoms with Gasteiger partial charge in [-0.15, -0.1) is 0 Å². The molecule has 1 aliphatic carbocycles. The largest absolute Gasteiger partial charge is 0.289 e. The molecule has 0 fully saturated rings. The number of carbonyl (C=O) groups excluding carboxylic acids is 2. The first-order valence-electron chi connectivity index (χ1n) is 6.44. The van der Waals surface area contributed by atoms with Crippen molar-refractivity contribution in [2.45, 2.75) is 0 Å². The summed E-state index contributed by atoms with van der Waals surface area (Å²) in [7, 11) is 0. The van der Waals surface area contributed by atoms with Gasteiger partial charge >= 0.3 is 0 Å². The Balaban J connectivity index is 2.40. The van der Waals surface area contributed by atoms with Gasteiger partial charge in [0.05, 0.1) is 3.58 Å². The fourth-order valence-electron chi connectivity index (χ4n) is 2.52. The van der Waals surface area contributed by atoms with Crippen LogP contribution in [0.25, 0.3) is 17.2 Å². The van der Waals surface area contributed by atoms with Crippen molar-refractivity contribution in [1.82, 2.24) is 0 Å². The number of Topliss-reactive ketones (excluding diaryl/α,β-unsaturated/α-hetero) is 1. The summed E-state index contributed by atoms with van der Waals surface area (Å²) in [6.45, 7) is 3.82. The highest BCUT2D eigenvalue weighted by molar-refractivity contribution is 14.1. The summed E-state index contributed by atoms with van der Waals surface area (Å²) in [6, 6.07) is 13.2. The van der Waals surface area contributed by atoms with E-state index in [0.29, 0.717) is 14.7 Å². The van der Waals surface area contributed by atoms with Gasteiger partial charge in [-0.25, -0.2) is 0 Å². The minimum absolute atomic E-state index is 0.104. The summed E-state index contributed by atoms with van der Waals surface area (Å²) in [4.78, 5) is 24.7. The molecule has 21 heavy (non-hydrogen) atoms. The lowest BCUT2D eigenvalue weighted by Gasteiger charge is -2.18. The summed E-state index contributed by atoms with van der Waals surface area (Å²) in [5.41, 5.74) is 3.49. The molecule has 2 aromatic carbocycles. The van der Waals surface area contributed by atoms with Crippen LogP contribution in [0.5, 0.6) is 0 Å². The molecule has 2 nitrogen and oxygen atoms in total. The van der Waals surface area contributed by atoms with Crippen LogP contribution in [0.3, 0.4) is 0 Å². The predicted molar refractivity (Wildman–Crippen MR) is 92.7 cm³/mol. The van der Waals surface area contributed by atoms with Crippen molar-refractivity contribution in [3.05, 3.63) is 75.4 Å². The average Bonchev–Trinajstić information content (AvgIpc) is 2.52. The number of hydrogen-bond donors (Lipinski definition) is 0. The number of carbonyl (C=O) groups is 2. The third-order valence-electron chi connectivity index (χ3n) is 3.49. The monoisotopic (exact) mass is 386 g/mol. The van der Waals surface area contributed by atoms with Crippen molar-refractivity contribution < 1.29 is 9.59 Å². The second-order valence-electron chi connectivity index (χ2n) is 4.71. The zero-order valence-corrected chi connectivity index (χ0v) is 13.3. The Morgan fingerprint density at radius 1 is 0.952 bits per heavy atom. The molecule has 0 aromatic heterocycles. The van der Waals surface area contributed by atoms with Crippen molar-refractivity contribution in [2.75, 3.05) is 0 Å². The molecule has 0 radical (unpaired) electrons. The zero-order valence-electron chi connectivity index (χ0n) is 11.1. The lowest BCUT2D eigenvalue weighted by Crippen LogP contribution is -2.16. The molecular weight excluding hydrogens is 375 g/mol. The molecular formula is C18H11IO2. The van der Waals surface area contributed by atoms with Gasteiger partial charge in [0.25, 0.3) is 0 Å². The van der Waals surface area contributed by atoms with Gasteiger partial charge in [0, 0.05) is 22.8 Å². The first-order valence-corrected chi connectivity index (χ1v) is 7.52. The molecule has 3 heteroatoms. The molecule has 2 aromatic rings. The second-order valence-corrected chi connectivity index (χ2v) is 5.87. The Bertz CT molecular complexity index is 801. The van der Waals surface area contributed by atoms with Crippen LogP contribution >= 0.6 is 22.6 Å². The minimum atomic E-state index is -0.123. The maximum Gasteiger partial charge on any atom is 0.200 e. The van der Waals surface area contributed by atoms with E-state index in [9.17, 15) is 9.59 Å². The van der Waals surface area contributed by atoms with Gasteiger partial charge in [0.1, 0.15) is 0 Å². The summed E-state index contributed by atoms with van der Waals surface area (Å²) in [6.07, 6.45) is 3.11. The highest BCUT2D eigenvalue weighted by Gasteiger charge is 2.28. The number of allylic oxidation sites excluding steroid dienone is 2. The normalized spacial score (nSPS) is 13.7.